The van der Waals surface area contributed by atoms with Crippen LogP contribution in [0.2, 0.25) is 0 Å². The number of phenols is 1. The van der Waals surface area contributed by atoms with Gasteiger partial charge in [-0.3, -0.25) is 20.2 Å². The van der Waals surface area contributed by atoms with Crippen LogP contribution in [-0.4, -0.2) is 31.5 Å². The minimum Gasteiger partial charge on any atom is -0.507 e. The second kappa shape index (κ2) is 6.49. The topological polar surface area (TPSA) is 127 Å². The Kier molecular flexibility index (Phi) is 4.46. The number of ether oxygens (including phenoxy) is 1. The van der Waals surface area contributed by atoms with Gasteiger partial charge < -0.3 is 9.84 Å². The molecule has 0 aliphatic carbocycles. The number of amides is 1. The number of nitrogens with one attached hydrogen (secondary N) is 1. The van der Waals surface area contributed by atoms with Crippen LogP contribution in [0.5, 0.6) is 11.5 Å². The first-order valence-corrected chi connectivity index (χ1v) is 8.42. The summed E-state index contributed by atoms with van der Waals surface area (Å²) in [6.45, 7) is 7.15. The van der Waals surface area contributed by atoms with E-state index in [0.29, 0.717) is 18.6 Å². The van der Waals surface area contributed by atoms with Crippen molar-refractivity contribution in [3.05, 3.63) is 44.8 Å². The lowest BCUT2D eigenvalue weighted by Gasteiger charge is -2.36. The molecule has 1 aromatic heterocycles. The van der Waals surface area contributed by atoms with Crippen LogP contribution >= 0.6 is 0 Å². The number of carbonyl (C=O) groups is 1. The Balaban J connectivity index is 1.86. The Morgan fingerprint density at radius 2 is 1.89 bits per heavy atom. The normalized spacial score (nSPS) is 18.4. The summed E-state index contributed by atoms with van der Waals surface area (Å²) in [5.74, 6) is 0.388. The molecule has 142 valence electrons. The second-order valence-corrected chi connectivity index (χ2v) is 6.84. The lowest BCUT2D eigenvalue weighted by Crippen LogP contribution is -2.48. The number of carbonyl (C=O) groups excluding carboxylic acids is 1. The molecule has 1 atom stereocenters. The molecule has 2 aromatic rings. The van der Waals surface area contributed by atoms with Gasteiger partial charge in [-0.2, -0.15) is 0 Å². The monoisotopic (exact) mass is 372 g/mol. The number of hydrogen-bond donors (Lipinski definition) is 2. The summed E-state index contributed by atoms with van der Waals surface area (Å²) in [6.07, 6.45) is 3.03. The summed E-state index contributed by atoms with van der Waals surface area (Å²) < 4.78 is 6.08. The molecule has 0 fully saturated rings. The summed E-state index contributed by atoms with van der Waals surface area (Å²) in [7, 11) is 0. The molecule has 1 aliphatic rings. The van der Waals surface area contributed by atoms with Gasteiger partial charge in [0.25, 0.3) is 5.91 Å². The molecule has 1 aromatic carbocycles. The Morgan fingerprint density at radius 3 is 2.48 bits per heavy atom. The van der Waals surface area contributed by atoms with Crippen molar-refractivity contribution in [1.29, 1.82) is 0 Å². The fourth-order valence-electron chi connectivity index (χ4n) is 3.12. The second-order valence-electron chi connectivity index (χ2n) is 6.84. The SMILES string of the molecule is Cc1c(C)c2c(c(C)c1O)CCC(C)(C(=O)Nc1ncc([N+](=O)[O-])cn1)O2. The highest BCUT2D eigenvalue weighted by molar-refractivity contribution is 5.96. The molecule has 27 heavy (non-hydrogen) atoms. The number of nitro groups is 1. The van der Waals surface area contributed by atoms with Crippen molar-refractivity contribution in [2.75, 3.05) is 5.32 Å². The van der Waals surface area contributed by atoms with E-state index in [0.717, 1.165) is 34.6 Å². The fraction of sp³-hybridized carbons (Fsp3) is 0.389. The Bertz CT molecular complexity index is 942. The number of anilines is 1. The average molecular weight is 372 g/mol. The van der Waals surface area contributed by atoms with Crippen LogP contribution in [0.25, 0.3) is 0 Å². The van der Waals surface area contributed by atoms with Gasteiger partial charge in [-0.1, -0.05) is 0 Å². The minimum absolute atomic E-state index is 0.0315. The van der Waals surface area contributed by atoms with Gasteiger partial charge in [0.05, 0.1) is 4.92 Å². The number of aromatic hydroxyl groups is 1. The summed E-state index contributed by atoms with van der Waals surface area (Å²) >= 11 is 0. The van der Waals surface area contributed by atoms with Crippen LogP contribution in [0, 0.1) is 30.9 Å². The predicted molar refractivity (Wildman–Crippen MR) is 97.0 cm³/mol. The third-order valence-corrected chi connectivity index (χ3v) is 5.07. The maximum atomic E-state index is 12.8. The van der Waals surface area contributed by atoms with E-state index in [1.165, 1.54) is 0 Å². The number of aromatic nitrogens is 2. The molecule has 1 amide bonds. The van der Waals surface area contributed by atoms with Crippen molar-refractivity contribution in [2.45, 2.75) is 46.1 Å². The van der Waals surface area contributed by atoms with E-state index in [1.54, 1.807) is 13.8 Å². The van der Waals surface area contributed by atoms with Crippen LogP contribution < -0.4 is 10.1 Å². The summed E-state index contributed by atoms with van der Waals surface area (Å²) in [4.78, 5) is 30.4. The van der Waals surface area contributed by atoms with Crippen molar-refractivity contribution in [1.82, 2.24) is 9.97 Å². The number of nitrogens with zero attached hydrogens (tertiary/aromatic N) is 3. The van der Waals surface area contributed by atoms with Gasteiger partial charge >= 0.3 is 5.69 Å². The Morgan fingerprint density at radius 1 is 1.26 bits per heavy atom. The quantitative estimate of drug-likeness (QED) is 0.626. The van der Waals surface area contributed by atoms with E-state index in [-0.39, 0.29) is 17.4 Å². The smallest absolute Gasteiger partial charge is 0.305 e. The first kappa shape index (κ1) is 18.6. The third-order valence-electron chi connectivity index (χ3n) is 5.07. The molecular formula is C18H20N4O5. The number of phenolic OH excluding ortho intramolecular Hbond substituents is 1. The highest BCUT2D eigenvalue weighted by Gasteiger charge is 2.41. The van der Waals surface area contributed by atoms with Crippen molar-refractivity contribution in [3.63, 3.8) is 0 Å². The van der Waals surface area contributed by atoms with Gasteiger partial charge in [-0.25, -0.2) is 9.97 Å². The molecule has 0 bridgehead atoms. The zero-order valence-electron chi connectivity index (χ0n) is 15.5. The molecule has 0 spiro atoms. The van der Waals surface area contributed by atoms with E-state index >= 15 is 0 Å². The van der Waals surface area contributed by atoms with Crippen molar-refractivity contribution in [2.24, 2.45) is 0 Å². The Labute approximate surface area is 155 Å². The minimum atomic E-state index is -1.15. The van der Waals surface area contributed by atoms with E-state index in [2.05, 4.69) is 15.3 Å². The molecule has 1 aliphatic heterocycles. The molecule has 3 rings (SSSR count). The lowest BCUT2D eigenvalue weighted by molar-refractivity contribution is -0.385. The average Bonchev–Trinajstić information content (AvgIpc) is 2.65. The number of rotatable bonds is 3. The molecule has 2 N–H and O–H groups in total. The molecule has 0 saturated heterocycles. The molecule has 0 radical (unpaired) electrons. The van der Waals surface area contributed by atoms with Crippen LogP contribution in [-0.2, 0) is 11.2 Å². The van der Waals surface area contributed by atoms with Crippen LogP contribution in [0.15, 0.2) is 12.4 Å². The van der Waals surface area contributed by atoms with Gasteiger partial charge in [0.2, 0.25) is 5.95 Å². The van der Waals surface area contributed by atoms with Gasteiger partial charge in [-0.15, -0.1) is 0 Å². The predicted octanol–water partition coefficient (Wildman–Crippen LogP) is 2.74. The molecule has 0 saturated carbocycles. The van der Waals surface area contributed by atoms with Gasteiger partial charge in [0.1, 0.15) is 23.9 Å². The largest absolute Gasteiger partial charge is 0.507 e. The third kappa shape index (κ3) is 3.16. The number of fused-ring (bicyclic) bond motifs is 1. The summed E-state index contributed by atoms with van der Waals surface area (Å²) in [5, 5.41) is 23.5. The Hall–Kier alpha value is -3.23. The number of benzene rings is 1. The van der Waals surface area contributed by atoms with Crippen LogP contribution in [0.1, 0.15) is 35.6 Å². The molecule has 2 heterocycles. The van der Waals surface area contributed by atoms with Crippen LogP contribution in [0.4, 0.5) is 11.6 Å². The van der Waals surface area contributed by atoms with Crippen molar-refractivity contribution < 1.29 is 19.6 Å². The highest BCUT2D eigenvalue weighted by atomic mass is 16.6. The van der Waals surface area contributed by atoms with E-state index in [1.807, 2.05) is 13.8 Å². The molecule has 9 nitrogen and oxygen atoms in total. The van der Waals surface area contributed by atoms with Gasteiger partial charge in [0.15, 0.2) is 5.60 Å². The molecule has 9 heteroatoms. The van der Waals surface area contributed by atoms with E-state index in [4.69, 9.17) is 4.74 Å². The summed E-state index contributed by atoms with van der Waals surface area (Å²) in [5.41, 5.74) is 1.75. The van der Waals surface area contributed by atoms with Gasteiger partial charge in [-0.05, 0) is 50.8 Å². The first-order valence-electron chi connectivity index (χ1n) is 8.42. The van der Waals surface area contributed by atoms with Crippen molar-refractivity contribution >= 4 is 17.5 Å². The zero-order chi connectivity index (χ0) is 19.9. The van der Waals surface area contributed by atoms with Crippen molar-refractivity contribution in [3.8, 4) is 11.5 Å². The van der Waals surface area contributed by atoms with E-state index in [9.17, 15) is 20.0 Å². The maximum absolute atomic E-state index is 12.8. The lowest BCUT2D eigenvalue weighted by atomic mass is 9.86. The summed E-state index contributed by atoms with van der Waals surface area (Å²) in [6, 6.07) is 0. The fourth-order valence-corrected chi connectivity index (χ4v) is 3.12. The molecular weight excluding hydrogens is 352 g/mol. The van der Waals surface area contributed by atoms with Crippen LogP contribution in [0.3, 0.4) is 0 Å². The first-order chi connectivity index (χ1) is 12.6. The van der Waals surface area contributed by atoms with Gasteiger partial charge in [0, 0.05) is 12.0 Å². The zero-order valence-corrected chi connectivity index (χ0v) is 15.5. The number of hydrogen-bond acceptors (Lipinski definition) is 7. The standard InChI is InChI=1S/C18H20N4O5/c1-9-10(2)15-13(11(3)14(9)23)5-6-18(4,27-15)16(24)21-17-19-7-12(8-20-17)22(25)26/h7-8,23H,5-6H2,1-4H3,(H,19,20,21,24). The highest BCUT2D eigenvalue weighted by Crippen LogP contribution is 2.43. The van der Waals surface area contributed by atoms with E-state index < -0.39 is 16.4 Å². The maximum Gasteiger partial charge on any atom is 0.305 e. The molecule has 1 unspecified atom stereocenters.